The van der Waals surface area contributed by atoms with E-state index in [2.05, 4.69) is 51.5 Å². The Balaban J connectivity index is 1.69. The third-order valence-electron chi connectivity index (χ3n) is 3.26. The molecule has 0 atom stereocenters. The highest BCUT2D eigenvalue weighted by Crippen LogP contribution is 2.27. The van der Waals surface area contributed by atoms with E-state index in [9.17, 15) is 0 Å². The Morgan fingerprint density at radius 3 is 2.39 bits per heavy atom. The van der Waals surface area contributed by atoms with Gasteiger partial charge in [0.2, 0.25) is 0 Å². The van der Waals surface area contributed by atoms with Crippen molar-refractivity contribution in [2.24, 2.45) is 0 Å². The van der Waals surface area contributed by atoms with Gasteiger partial charge in [0.25, 0.3) is 0 Å². The second-order valence-corrected chi connectivity index (χ2v) is 6.78. The van der Waals surface area contributed by atoms with Crippen LogP contribution in [-0.2, 0) is 12.2 Å². The lowest BCUT2D eigenvalue weighted by molar-refractivity contribution is 0.982. The van der Waals surface area contributed by atoms with Gasteiger partial charge in [0.15, 0.2) is 5.16 Å². The zero-order valence-electron chi connectivity index (χ0n) is 12.7. The fourth-order valence-corrected chi connectivity index (χ4v) is 3.75. The molecule has 4 N–H and O–H groups in total. The summed E-state index contributed by atoms with van der Waals surface area (Å²) in [4.78, 5) is 13.0. The van der Waals surface area contributed by atoms with Crippen LogP contribution in [0.1, 0.15) is 18.2 Å². The van der Waals surface area contributed by atoms with Crippen molar-refractivity contribution in [3.63, 3.8) is 0 Å². The molecular formula is C16H17N5S2. The molecular weight excluding hydrogens is 326 g/mol. The topological polar surface area (TPSA) is 90.7 Å². The molecule has 118 valence electrons. The first-order chi connectivity index (χ1) is 11.1. The minimum Gasteiger partial charge on any atom is -0.383 e. The molecule has 1 aromatic carbocycles. The number of nitrogen functional groups attached to an aromatic ring is 2. The van der Waals surface area contributed by atoms with Crippen molar-refractivity contribution in [1.29, 1.82) is 0 Å². The van der Waals surface area contributed by atoms with E-state index < -0.39 is 0 Å². The van der Waals surface area contributed by atoms with Gasteiger partial charge in [-0.05, 0) is 12.0 Å². The molecule has 3 rings (SSSR count). The van der Waals surface area contributed by atoms with E-state index in [1.54, 1.807) is 17.4 Å². The van der Waals surface area contributed by atoms with Crippen LogP contribution in [0.3, 0.4) is 0 Å². The van der Waals surface area contributed by atoms with Gasteiger partial charge in [-0.1, -0.05) is 43.0 Å². The second kappa shape index (κ2) is 6.97. The third-order valence-corrected chi connectivity index (χ3v) is 5.08. The number of aromatic nitrogens is 3. The van der Waals surface area contributed by atoms with E-state index in [4.69, 9.17) is 11.5 Å². The molecule has 0 fully saturated rings. The second-order valence-electron chi connectivity index (χ2n) is 4.98. The highest BCUT2D eigenvalue weighted by atomic mass is 32.2. The molecule has 0 amide bonds. The van der Waals surface area contributed by atoms with Gasteiger partial charge in [-0.2, -0.15) is 0 Å². The van der Waals surface area contributed by atoms with Crippen LogP contribution in [0, 0.1) is 0 Å². The number of rotatable bonds is 5. The quantitative estimate of drug-likeness (QED) is 0.543. The normalized spacial score (nSPS) is 10.8. The van der Waals surface area contributed by atoms with Crippen molar-refractivity contribution >= 4 is 34.7 Å². The van der Waals surface area contributed by atoms with E-state index in [0.29, 0.717) is 22.5 Å². The molecule has 0 aliphatic heterocycles. The zero-order chi connectivity index (χ0) is 16.2. The molecule has 2 aromatic heterocycles. The fourth-order valence-electron chi connectivity index (χ4n) is 2.05. The number of anilines is 2. The number of nitrogens with two attached hydrogens (primary N) is 2. The van der Waals surface area contributed by atoms with Gasteiger partial charge in [-0.3, -0.25) is 0 Å². The van der Waals surface area contributed by atoms with Crippen LogP contribution < -0.4 is 11.5 Å². The Hall–Kier alpha value is -2.12. The van der Waals surface area contributed by atoms with Crippen LogP contribution in [0.4, 0.5) is 11.6 Å². The minimum atomic E-state index is 0.384. The molecule has 2 heterocycles. The average Bonchev–Trinajstić information content (AvgIpc) is 3.01. The predicted molar refractivity (Wildman–Crippen MR) is 97.3 cm³/mol. The maximum absolute atomic E-state index is 5.67. The lowest BCUT2D eigenvalue weighted by Gasteiger charge is -2.01. The number of hydrogen-bond acceptors (Lipinski definition) is 7. The van der Waals surface area contributed by atoms with Crippen LogP contribution >= 0.6 is 23.1 Å². The fraction of sp³-hybridized carbons (Fsp3) is 0.188. The molecule has 23 heavy (non-hydrogen) atoms. The van der Waals surface area contributed by atoms with E-state index in [-0.39, 0.29) is 0 Å². The van der Waals surface area contributed by atoms with Gasteiger partial charge < -0.3 is 11.5 Å². The summed E-state index contributed by atoms with van der Waals surface area (Å²) in [7, 11) is 0. The van der Waals surface area contributed by atoms with E-state index in [1.165, 1.54) is 17.3 Å². The molecule has 0 saturated carbocycles. The average molecular weight is 343 g/mol. The number of benzene rings is 1. The van der Waals surface area contributed by atoms with Crippen LogP contribution in [0.5, 0.6) is 0 Å². The summed E-state index contributed by atoms with van der Waals surface area (Å²) >= 11 is 3.12. The van der Waals surface area contributed by atoms with E-state index in [1.807, 2.05) is 0 Å². The number of nitrogens with zero attached hydrogens (tertiary/aromatic N) is 3. The van der Waals surface area contributed by atoms with Gasteiger partial charge in [0, 0.05) is 22.8 Å². The van der Waals surface area contributed by atoms with Crippen LogP contribution in [0.2, 0.25) is 0 Å². The maximum Gasteiger partial charge on any atom is 0.191 e. The largest absolute Gasteiger partial charge is 0.383 e. The molecule has 0 bridgehead atoms. The summed E-state index contributed by atoms with van der Waals surface area (Å²) in [6, 6.07) is 10.1. The highest BCUT2D eigenvalue weighted by Gasteiger charge is 2.07. The molecule has 0 unspecified atom stereocenters. The number of aryl methyl sites for hydroxylation is 1. The van der Waals surface area contributed by atoms with Gasteiger partial charge in [0.05, 0.1) is 5.69 Å². The first-order valence-electron chi connectivity index (χ1n) is 7.20. The Morgan fingerprint density at radius 1 is 1.04 bits per heavy atom. The van der Waals surface area contributed by atoms with Crippen LogP contribution in [0.25, 0.3) is 10.6 Å². The number of thioether (sulfide) groups is 1. The summed E-state index contributed by atoms with van der Waals surface area (Å²) < 4.78 is 0. The van der Waals surface area contributed by atoms with Crippen molar-refractivity contribution < 1.29 is 0 Å². The third kappa shape index (κ3) is 4.00. The summed E-state index contributed by atoms with van der Waals surface area (Å²) in [5.41, 5.74) is 14.8. The van der Waals surface area contributed by atoms with Crippen molar-refractivity contribution in [1.82, 2.24) is 15.0 Å². The SMILES string of the molecule is CCc1ccc(-c2nc(CSc3nc(N)cc(N)n3)cs2)cc1. The molecule has 7 heteroatoms. The summed E-state index contributed by atoms with van der Waals surface area (Å²) in [6.45, 7) is 2.15. The van der Waals surface area contributed by atoms with Crippen molar-refractivity contribution in [2.75, 3.05) is 11.5 Å². The number of thiazole rings is 1. The predicted octanol–water partition coefficient (Wildman–Crippen LogP) is 3.62. The maximum atomic E-state index is 5.67. The molecule has 0 aliphatic carbocycles. The van der Waals surface area contributed by atoms with E-state index in [0.717, 1.165) is 22.7 Å². The minimum absolute atomic E-state index is 0.384. The first-order valence-corrected chi connectivity index (χ1v) is 9.07. The van der Waals surface area contributed by atoms with Gasteiger partial charge in [0.1, 0.15) is 16.6 Å². The first kappa shape index (κ1) is 15.8. The summed E-state index contributed by atoms with van der Waals surface area (Å²) in [6.07, 6.45) is 1.05. The van der Waals surface area contributed by atoms with Gasteiger partial charge in [-0.25, -0.2) is 15.0 Å². The van der Waals surface area contributed by atoms with Crippen LogP contribution in [0.15, 0.2) is 40.9 Å². The Morgan fingerprint density at radius 2 is 1.74 bits per heavy atom. The molecule has 0 saturated heterocycles. The monoisotopic (exact) mass is 343 g/mol. The van der Waals surface area contributed by atoms with Crippen LogP contribution in [-0.4, -0.2) is 15.0 Å². The van der Waals surface area contributed by atoms with Crippen molar-refractivity contribution in [3.8, 4) is 10.6 Å². The number of hydrogen-bond donors (Lipinski definition) is 2. The van der Waals surface area contributed by atoms with Gasteiger partial charge in [-0.15, -0.1) is 11.3 Å². The lowest BCUT2D eigenvalue weighted by Crippen LogP contribution is -1.99. The Labute approximate surface area is 143 Å². The smallest absolute Gasteiger partial charge is 0.191 e. The lowest BCUT2D eigenvalue weighted by atomic mass is 10.1. The standard InChI is InChI=1S/C16H17N5S2/c1-2-10-3-5-11(6-4-10)15-19-12(8-22-15)9-23-16-20-13(17)7-14(18)21-16/h3-8H,2,9H2,1H3,(H4,17,18,20,21). The molecule has 3 aromatic rings. The Kier molecular flexibility index (Phi) is 4.78. The molecule has 0 spiro atoms. The van der Waals surface area contributed by atoms with E-state index >= 15 is 0 Å². The highest BCUT2D eigenvalue weighted by molar-refractivity contribution is 7.98. The van der Waals surface area contributed by atoms with Gasteiger partial charge >= 0.3 is 0 Å². The summed E-state index contributed by atoms with van der Waals surface area (Å²) in [5, 5.41) is 3.66. The summed E-state index contributed by atoms with van der Waals surface area (Å²) in [5.74, 6) is 1.46. The molecule has 5 nitrogen and oxygen atoms in total. The van der Waals surface area contributed by atoms with Crippen molar-refractivity contribution in [2.45, 2.75) is 24.3 Å². The Bertz CT molecular complexity index is 778. The molecule has 0 aliphatic rings. The molecule has 0 radical (unpaired) electrons. The zero-order valence-corrected chi connectivity index (χ0v) is 14.3. The van der Waals surface area contributed by atoms with Crippen molar-refractivity contribution in [3.05, 3.63) is 47.0 Å².